The Bertz CT molecular complexity index is 1090. The van der Waals surface area contributed by atoms with Crippen molar-refractivity contribution in [3.8, 4) is 10.6 Å². The van der Waals surface area contributed by atoms with Crippen molar-refractivity contribution in [1.82, 2.24) is 9.97 Å². The number of nitrogens with one attached hydrogen (secondary N) is 1. The van der Waals surface area contributed by atoms with E-state index < -0.39 is 0 Å². The van der Waals surface area contributed by atoms with Crippen LogP contribution in [0.15, 0.2) is 66.2 Å². The molecule has 2 aromatic carbocycles. The molecule has 0 spiro atoms. The van der Waals surface area contributed by atoms with Gasteiger partial charge >= 0.3 is 0 Å². The Labute approximate surface area is 153 Å². The highest BCUT2D eigenvalue weighted by Crippen LogP contribution is 2.25. The summed E-state index contributed by atoms with van der Waals surface area (Å²) >= 11 is 1.39. The first-order valence-corrected chi connectivity index (χ1v) is 8.91. The number of aromatic nitrogens is 2. The second-order valence-corrected chi connectivity index (χ2v) is 6.61. The van der Waals surface area contributed by atoms with Gasteiger partial charge in [-0.2, -0.15) is 0 Å². The van der Waals surface area contributed by atoms with Crippen LogP contribution in [-0.2, 0) is 11.2 Å². The molecule has 0 atom stereocenters. The van der Waals surface area contributed by atoms with Crippen LogP contribution in [0.2, 0.25) is 0 Å². The molecule has 2 aromatic heterocycles. The minimum absolute atomic E-state index is 0.155. The molecule has 128 valence electrons. The lowest BCUT2D eigenvalue weighted by molar-refractivity contribution is -0.115. The molecule has 1 amide bonds. The van der Waals surface area contributed by atoms with Gasteiger partial charge in [0.25, 0.3) is 0 Å². The summed E-state index contributed by atoms with van der Waals surface area (Å²) in [6, 6.07) is 15.6. The minimum Gasteiger partial charge on any atom is -0.325 e. The quantitative estimate of drug-likeness (QED) is 0.573. The molecule has 4 rings (SSSR count). The first kappa shape index (κ1) is 16.4. The van der Waals surface area contributed by atoms with Crippen molar-refractivity contribution < 1.29 is 9.18 Å². The Hall–Kier alpha value is -3.12. The zero-order chi connectivity index (χ0) is 17.9. The summed E-state index contributed by atoms with van der Waals surface area (Å²) in [6.45, 7) is 0. The van der Waals surface area contributed by atoms with Gasteiger partial charge in [0.15, 0.2) is 0 Å². The molecular formula is C20H14FN3OS. The second-order valence-electron chi connectivity index (χ2n) is 5.75. The number of nitrogens with zero attached hydrogens (tertiary/aromatic N) is 2. The van der Waals surface area contributed by atoms with Gasteiger partial charge in [-0.05, 0) is 36.4 Å². The van der Waals surface area contributed by atoms with Crippen molar-refractivity contribution in [2.24, 2.45) is 0 Å². The first-order chi connectivity index (χ1) is 12.7. The highest BCUT2D eigenvalue weighted by Gasteiger charge is 2.11. The van der Waals surface area contributed by atoms with Crippen LogP contribution in [0.3, 0.4) is 0 Å². The fourth-order valence-electron chi connectivity index (χ4n) is 2.71. The van der Waals surface area contributed by atoms with E-state index in [1.54, 1.807) is 18.3 Å². The summed E-state index contributed by atoms with van der Waals surface area (Å²) in [6.07, 6.45) is 1.87. The molecule has 0 saturated heterocycles. The molecule has 4 aromatic rings. The van der Waals surface area contributed by atoms with E-state index in [1.165, 1.54) is 23.5 Å². The Balaban J connectivity index is 1.50. The van der Waals surface area contributed by atoms with Crippen molar-refractivity contribution in [3.63, 3.8) is 0 Å². The number of rotatable bonds is 4. The van der Waals surface area contributed by atoms with Gasteiger partial charge in [0, 0.05) is 22.5 Å². The highest BCUT2D eigenvalue weighted by atomic mass is 32.1. The number of amides is 1. The average Bonchev–Trinajstić information content (AvgIpc) is 3.10. The minimum atomic E-state index is -0.304. The van der Waals surface area contributed by atoms with E-state index in [2.05, 4.69) is 15.3 Å². The third-order valence-corrected chi connectivity index (χ3v) is 4.82. The van der Waals surface area contributed by atoms with Crippen LogP contribution in [0.25, 0.3) is 21.5 Å². The number of anilines is 1. The Morgan fingerprint density at radius 2 is 2.00 bits per heavy atom. The smallest absolute Gasteiger partial charge is 0.230 e. The molecule has 6 heteroatoms. The molecular weight excluding hydrogens is 349 g/mol. The molecule has 0 fully saturated rings. The van der Waals surface area contributed by atoms with E-state index in [1.807, 2.05) is 35.7 Å². The number of hydrogen-bond donors (Lipinski definition) is 1. The fraction of sp³-hybridized carbons (Fsp3) is 0.0500. The zero-order valence-electron chi connectivity index (χ0n) is 13.6. The zero-order valence-corrected chi connectivity index (χ0v) is 14.5. The molecule has 0 aliphatic heterocycles. The van der Waals surface area contributed by atoms with Gasteiger partial charge in [0.2, 0.25) is 5.91 Å². The van der Waals surface area contributed by atoms with Crippen LogP contribution < -0.4 is 5.32 Å². The number of carbonyl (C=O) groups is 1. The maximum Gasteiger partial charge on any atom is 0.230 e. The van der Waals surface area contributed by atoms with Crippen molar-refractivity contribution >= 4 is 33.8 Å². The van der Waals surface area contributed by atoms with E-state index in [0.29, 0.717) is 16.3 Å². The maximum absolute atomic E-state index is 13.3. The van der Waals surface area contributed by atoms with E-state index >= 15 is 0 Å². The van der Waals surface area contributed by atoms with Gasteiger partial charge in [-0.15, -0.1) is 11.3 Å². The van der Waals surface area contributed by atoms with Gasteiger partial charge in [-0.25, -0.2) is 9.37 Å². The van der Waals surface area contributed by atoms with Gasteiger partial charge < -0.3 is 5.32 Å². The number of halogens is 1. The predicted molar refractivity (Wildman–Crippen MR) is 102 cm³/mol. The van der Waals surface area contributed by atoms with Gasteiger partial charge in [-0.1, -0.05) is 18.2 Å². The van der Waals surface area contributed by atoms with Crippen LogP contribution in [0.4, 0.5) is 10.1 Å². The molecule has 26 heavy (non-hydrogen) atoms. The molecule has 2 heterocycles. The summed E-state index contributed by atoms with van der Waals surface area (Å²) in [5, 5.41) is 6.33. The second kappa shape index (κ2) is 7.01. The summed E-state index contributed by atoms with van der Waals surface area (Å²) in [4.78, 5) is 21.1. The molecule has 0 bridgehead atoms. The van der Waals surface area contributed by atoms with Crippen LogP contribution in [0.1, 0.15) is 5.69 Å². The fourth-order valence-corrected chi connectivity index (χ4v) is 3.53. The molecule has 0 saturated carbocycles. The molecule has 1 N–H and O–H groups in total. The van der Waals surface area contributed by atoms with E-state index in [0.717, 1.165) is 16.6 Å². The van der Waals surface area contributed by atoms with Crippen LogP contribution >= 0.6 is 11.3 Å². The summed E-state index contributed by atoms with van der Waals surface area (Å²) < 4.78 is 13.3. The lowest BCUT2D eigenvalue weighted by atomic mass is 10.1. The normalized spacial score (nSPS) is 10.8. The van der Waals surface area contributed by atoms with E-state index in [9.17, 15) is 9.18 Å². The van der Waals surface area contributed by atoms with Gasteiger partial charge in [0.1, 0.15) is 10.8 Å². The number of carbonyl (C=O) groups excluding carboxylic acids is 1. The number of thiazole rings is 1. The monoisotopic (exact) mass is 363 g/mol. The summed E-state index contributed by atoms with van der Waals surface area (Å²) in [5.74, 6) is -0.459. The van der Waals surface area contributed by atoms with Crippen molar-refractivity contribution in [2.45, 2.75) is 6.42 Å². The maximum atomic E-state index is 13.3. The summed E-state index contributed by atoms with van der Waals surface area (Å²) in [7, 11) is 0. The SMILES string of the molecule is O=C(Cc1csc(-c2cccc(F)c2)n1)Nc1cccc2ncccc12. The van der Waals surface area contributed by atoms with Crippen molar-refractivity contribution in [1.29, 1.82) is 0 Å². The first-order valence-electron chi connectivity index (χ1n) is 8.03. The number of fused-ring (bicyclic) bond motifs is 1. The Kier molecular flexibility index (Phi) is 4.41. The molecule has 0 radical (unpaired) electrons. The molecule has 0 aliphatic carbocycles. The lowest BCUT2D eigenvalue weighted by Gasteiger charge is -2.07. The van der Waals surface area contributed by atoms with Crippen LogP contribution in [0.5, 0.6) is 0 Å². The topological polar surface area (TPSA) is 54.9 Å². The number of hydrogen-bond acceptors (Lipinski definition) is 4. The third kappa shape index (κ3) is 3.45. The molecule has 4 nitrogen and oxygen atoms in total. The van der Waals surface area contributed by atoms with Crippen molar-refractivity contribution in [3.05, 3.63) is 77.7 Å². The van der Waals surface area contributed by atoms with Gasteiger partial charge in [0.05, 0.1) is 23.3 Å². The van der Waals surface area contributed by atoms with Crippen molar-refractivity contribution in [2.75, 3.05) is 5.32 Å². The van der Waals surface area contributed by atoms with Crippen LogP contribution in [-0.4, -0.2) is 15.9 Å². The highest BCUT2D eigenvalue weighted by molar-refractivity contribution is 7.13. The number of benzene rings is 2. The Morgan fingerprint density at radius 3 is 2.88 bits per heavy atom. The molecule has 0 aliphatic rings. The predicted octanol–water partition coefficient (Wildman–Crippen LogP) is 4.68. The number of pyridine rings is 1. The lowest BCUT2D eigenvalue weighted by Crippen LogP contribution is -2.14. The summed E-state index contributed by atoms with van der Waals surface area (Å²) in [5.41, 5.74) is 2.92. The van der Waals surface area contributed by atoms with Gasteiger partial charge in [-0.3, -0.25) is 9.78 Å². The van der Waals surface area contributed by atoms with Crippen LogP contribution in [0, 0.1) is 5.82 Å². The largest absolute Gasteiger partial charge is 0.325 e. The standard InChI is InChI=1S/C20H14FN3OS/c21-14-5-1-4-13(10-14)20-23-15(12-26-20)11-19(25)24-18-8-2-7-17-16(18)6-3-9-22-17/h1-10,12H,11H2,(H,24,25). The van der Waals surface area contributed by atoms with E-state index in [-0.39, 0.29) is 18.1 Å². The average molecular weight is 363 g/mol. The van der Waals surface area contributed by atoms with E-state index in [4.69, 9.17) is 0 Å². The Morgan fingerprint density at radius 1 is 1.12 bits per heavy atom. The molecule has 0 unspecified atom stereocenters. The third-order valence-electron chi connectivity index (χ3n) is 3.88.